The van der Waals surface area contributed by atoms with Gasteiger partial charge in [0.15, 0.2) is 0 Å². The number of nitrogens with zero attached hydrogens (tertiary/aromatic N) is 2. The molecule has 1 N–H and O–H groups in total. The Labute approximate surface area is 196 Å². The molecule has 9 nitrogen and oxygen atoms in total. The van der Waals surface area contributed by atoms with Gasteiger partial charge in [0, 0.05) is 31.2 Å². The predicted octanol–water partition coefficient (Wildman–Crippen LogP) is 1.95. The Hall–Kier alpha value is -2.46. The number of benzene rings is 1. The number of hydrogen-bond donors (Lipinski definition) is 1. The molecular formula is C23H35N3O6S. The summed E-state index contributed by atoms with van der Waals surface area (Å²) in [5, 5.41) is 0. The maximum atomic E-state index is 13.1. The topological polar surface area (TPSA) is 113 Å². The number of ether oxygens (including phenoxy) is 1. The van der Waals surface area contributed by atoms with Crippen LogP contribution >= 0.6 is 0 Å². The summed E-state index contributed by atoms with van der Waals surface area (Å²) in [6.07, 6.45) is 1.35. The fourth-order valence-electron chi connectivity index (χ4n) is 3.70. The van der Waals surface area contributed by atoms with Crippen LogP contribution in [0.25, 0.3) is 0 Å². The second kappa shape index (κ2) is 10.6. The van der Waals surface area contributed by atoms with Crippen LogP contribution in [0.2, 0.25) is 0 Å². The molecule has 1 saturated heterocycles. The monoisotopic (exact) mass is 481 g/mol. The number of aryl methyl sites for hydroxylation is 1. The first-order valence-corrected chi connectivity index (χ1v) is 12.6. The average Bonchev–Trinajstić information content (AvgIpc) is 2.72. The minimum absolute atomic E-state index is 0.0144. The Morgan fingerprint density at radius 2 is 1.91 bits per heavy atom. The van der Waals surface area contributed by atoms with Crippen molar-refractivity contribution in [2.45, 2.75) is 57.9 Å². The lowest BCUT2D eigenvalue weighted by molar-refractivity contribution is -0.151. The molecule has 0 radical (unpaired) electrons. The lowest BCUT2D eigenvalue weighted by atomic mass is 9.98. The molecule has 0 aromatic heterocycles. The molecule has 1 aromatic rings. The van der Waals surface area contributed by atoms with E-state index >= 15 is 0 Å². The largest absolute Gasteiger partial charge is 0.466 e. The Morgan fingerprint density at radius 3 is 2.52 bits per heavy atom. The van der Waals surface area contributed by atoms with E-state index in [1.807, 2.05) is 0 Å². The first kappa shape index (κ1) is 26.8. The molecule has 184 valence electrons. The van der Waals surface area contributed by atoms with E-state index in [-0.39, 0.29) is 41.3 Å². The Bertz CT molecular complexity index is 1000. The highest BCUT2D eigenvalue weighted by atomic mass is 32.2. The van der Waals surface area contributed by atoms with Gasteiger partial charge in [-0.05, 0) is 65.2 Å². The number of esters is 1. The number of carbonyl (C=O) groups excluding carboxylic acids is 3. The molecular weight excluding hydrogens is 446 g/mol. The van der Waals surface area contributed by atoms with Crippen LogP contribution in [0.5, 0.6) is 0 Å². The van der Waals surface area contributed by atoms with E-state index in [4.69, 9.17) is 4.74 Å². The molecule has 1 aliphatic rings. The lowest BCUT2D eigenvalue weighted by Crippen LogP contribution is -2.47. The molecule has 1 heterocycles. The quantitative estimate of drug-likeness (QED) is 0.596. The van der Waals surface area contributed by atoms with Crippen LogP contribution in [-0.2, 0) is 24.3 Å². The van der Waals surface area contributed by atoms with Crippen molar-refractivity contribution in [3.05, 3.63) is 29.3 Å². The number of piperidine rings is 1. The fourth-order valence-corrected chi connectivity index (χ4v) is 5.14. The highest BCUT2D eigenvalue weighted by Crippen LogP contribution is 2.20. The molecule has 1 aliphatic heterocycles. The van der Waals surface area contributed by atoms with E-state index in [0.717, 1.165) is 0 Å². The van der Waals surface area contributed by atoms with Crippen LogP contribution in [0.4, 0.5) is 0 Å². The maximum Gasteiger partial charge on any atom is 0.310 e. The van der Waals surface area contributed by atoms with Crippen molar-refractivity contribution in [1.82, 2.24) is 14.5 Å². The van der Waals surface area contributed by atoms with E-state index in [0.29, 0.717) is 31.6 Å². The van der Waals surface area contributed by atoms with E-state index in [9.17, 15) is 22.8 Å². The van der Waals surface area contributed by atoms with Gasteiger partial charge in [-0.3, -0.25) is 14.4 Å². The van der Waals surface area contributed by atoms with Crippen molar-refractivity contribution in [2.24, 2.45) is 5.92 Å². The van der Waals surface area contributed by atoms with Crippen molar-refractivity contribution in [1.29, 1.82) is 0 Å². The minimum Gasteiger partial charge on any atom is -0.466 e. The number of sulfonamides is 1. The van der Waals surface area contributed by atoms with Crippen molar-refractivity contribution < 1.29 is 27.5 Å². The standard InChI is InChI=1S/C23H35N3O6S/c1-7-32-22(29)17-9-8-12-26(14-17)20(27)15-25(6)21(28)19-13-18(11-10-16(19)2)33(30,31)24-23(3,4)5/h10-11,13,17,24H,7-9,12,14-15H2,1-6H3. The minimum atomic E-state index is -3.82. The zero-order valence-electron chi connectivity index (χ0n) is 20.3. The predicted molar refractivity (Wildman–Crippen MR) is 124 cm³/mol. The van der Waals surface area contributed by atoms with E-state index in [1.165, 1.54) is 24.1 Å². The zero-order chi connectivity index (χ0) is 25.0. The normalized spacial score (nSPS) is 16.9. The lowest BCUT2D eigenvalue weighted by Gasteiger charge is -2.32. The zero-order valence-corrected chi connectivity index (χ0v) is 21.1. The summed E-state index contributed by atoms with van der Waals surface area (Å²) < 4.78 is 33.0. The van der Waals surface area contributed by atoms with Crippen LogP contribution in [0.3, 0.4) is 0 Å². The number of rotatable bonds is 7. The van der Waals surface area contributed by atoms with E-state index < -0.39 is 21.5 Å². The van der Waals surface area contributed by atoms with Crippen LogP contribution in [0, 0.1) is 12.8 Å². The van der Waals surface area contributed by atoms with Gasteiger partial charge in [-0.1, -0.05) is 6.07 Å². The van der Waals surface area contributed by atoms with Gasteiger partial charge in [0.05, 0.1) is 24.0 Å². The third-order valence-electron chi connectivity index (χ3n) is 5.30. The van der Waals surface area contributed by atoms with Gasteiger partial charge in [-0.25, -0.2) is 13.1 Å². The maximum absolute atomic E-state index is 13.1. The molecule has 2 rings (SSSR count). The second-order valence-electron chi connectivity index (χ2n) is 9.42. The summed E-state index contributed by atoms with van der Waals surface area (Å²) in [5.41, 5.74) is 0.145. The van der Waals surface area contributed by atoms with E-state index in [1.54, 1.807) is 45.6 Å². The molecule has 0 aliphatic carbocycles. The number of hydrogen-bond acceptors (Lipinski definition) is 6. The summed E-state index contributed by atoms with van der Waals surface area (Å²) in [6, 6.07) is 4.37. The third kappa shape index (κ3) is 7.26. The molecule has 10 heteroatoms. The first-order chi connectivity index (χ1) is 15.2. The fraction of sp³-hybridized carbons (Fsp3) is 0.609. The van der Waals surface area contributed by atoms with Gasteiger partial charge in [0.25, 0.3) is 5.91 Å². The van der Waals surface area contributed by atoms with Gasteiger partial charge in [-0.2, -0.15) is 0 Å². The number of likely N-dealkylation sites (N-methyl/N-ethyl adjacent to an activating group) is 1. The Morgan fingerprint density at radius 1 is 1.24 bits per heavy atom. The summed E-state index contributed by atoms with van der Waals surface area (Å²) in [4.78, 5) is 40.8. The molecule has 0 bridgehead atoms. The molecule has 1 aromatic carbocycles. The average molecular weight is 482 g/mol. The van der Waals surface area contributed by atoms with Gasteiger partial charge in [-0.15, -0.1) is 0 Å². The van der Waals surface area contributed by atoms with Crippen LogP contribution in [-0.4, -0.2) is 74.8 Å². The summed E-state index contributed by atoms with van der Waals surface area (Å²) in [7, 11) is -2.31. The third-order valence-corrected chi connectivity index (χ3v) is 7.06. The number of likely N-dealkylation sites (tertiary alicyclic amines) is 1. The van der Waals surface area contributed by atoms with E-state index in [2.05, 4.69) is 4.72 Å². The van der Waals surface area contributed by atoms with Crippen LogP contribution in [0.15, 0.2) is 23.1 Å². The molecule has 0 saturated carbocycles. The smallest absolute Gasteiger partial charge is 0.310 e. The van der Waals surface area contributed by atoms with Gasteiger partial charge in [0.2, 0.25) is 15.9 Å². The number of carbonyl (C=O) groups is 3. The van der Waals surface area contributed by atoms with Crippen molar-refractivity contribution in [3.8, 4) is 0 Å². The van der Waals surface area contributed by atoms with Gasteiger partial charge < -0.3 is 14.5 Å². The Balaban J connectivity index is 2.13. The highest BCUT2D eigenvalue weighted by molar-refractivity contribution is 7.89. The van der Waals surface area contributed by atoms with Crippen molar-refractivity contribution in [2.75, 3.05) is 33.3 Å². The molecule has 2 amide bonds. The van der Waals surface area contributed by atoms with Crippen molar-refractivity contribution >= 4 is 27.8 Å². The summed E-state index contributed by atoms with van der Waals surface area (Å²) >= 11 is 0. The van der Waals surface area contributed by atoms with Crippen LogP contribution in [0.1, 0.15) is 56.5 Å². The van der Waals surface area contributed by atoms with Gasteiger partial charge in [0.1, 0.15) is 0 Å². The summed E-state index contributed by atoms with van der Waals surface area (Å²) in [6.45, 7) is 9.56. The summed E-state index contributed by atoms with van der Waals surface area (Å²) in [5.74, 6) is -1.39. The molecule has 1 atom stereocenters. The van der Waals surface area contributed by atoms with Gasteiger partial charge >= 0.3 is 5.97 Å². The number of nitrogens with one attached hydrogen (secondary N) is 1. The molecule has 0 spiro atoms. The van der Waals surface area contributed by atoms with Crippen molar-refractivity contribution in [3.63, 3.8) is 0 Å². The number of amides is 2. The first-order valence-electron chi connectivity index (χ1n) is 11.1. The Kier molecular flexibility index (Phi) is 8.64. The molecule has 1 fully saturated rings. The SMILES string of the molecule is CCOC(=O)C1CCCN(C(=O)CN(C)C(=O)c2cc(S(=O)(=O)NC(C)(C)C)ccc2C)C1. The molecule has 33 heavy (non-hydrogen) atoms. The second-order valence-corrected chi connectivity index (χ2v) is 11.1. The molecule has 1 unspecified atom stereocenters. The highest BCUT2D eigenvalue weighted by Gasteiger charge is 2.30. The van der Waals surface area contributed by atoms with Crippen LogP contribution < -0.4 is 4.72 Å².